The van der Waals surface area contributed by atoms with E-state index in [1.165, 1.54) is 43.5 Å². The quantitative estimate of drug-likeness (QED) is 0.295. The second-order valence-electron chi connectivity index (χ2n) is 9.58. The second-order valence-corrected chi connectivity index (χ2v) is 10.0. The highest BCUT2D eigenvalue weighted by Crippen LogP contribution is 2.27. The van der Waals surface area contributed by atoms with Gasteiger partial charge in [0.25, 0.3) is 0 Å². The molecule has 0 aromatic heterocycles. The van der Waals surface area contributed by atoms with Crippen LogP contribution < -0.4 is 20.2 Å². The van der Waals surface area contributed by atoms with Crippen molar-refractivity contribution in [2.24, 2.45) is 11.1 Å². The maximum absolute atomic E-state index is 13.8. The van der Waals surface area contributed by atoms with Crippen LogP contribution in [0.1, 0.15) is 40.9 Å². The molecule has 3 N–H and O–H groups in total. The lowest BCUT2D eigenvalue weighted by Crippen LogP contribution is -2.48. The number of carboxylic acids is 1. The molecule has 4 rings (SSSR count). The number of amidine groups is 1. The van der Waals surface area contributed by atoms with Gasteiger partial charge in [0.15, 0.2) is 11.6 Å². The highest BCUT2D eigenvalue weighted by Gasteiger charge is 2.35. The molecule has 42 heavy (non-hydrogen) atoms. The van der Waals surface area contributed by atoms with Crippen LogP contribution in [0.4, 0.5) is 9.18 Å². The van der Waals surface area contributed by atoms with Gasteiger partial charge in [-0.05, 0) is 78.6 Å². The van der Waals surface area contributed by atoms with Crippen molar-refractivity contribution in [1.29, 1.82) is 0 Å². The number of carbonyl (C=O) groups is 3. The largest absolute Gasteiger partial charge is 0.496 e. The van der Waals surface area contributed by atoms with Crippen LogP contribution in [0.15, 0.2) is 71.9 Å². The van der Waals surface area contributed by atoms with Crippen LogP contribution in [0.5, 0.6) is 11.5 Å². The number of ether oxygens (including phenoxy) is 1. The number of carboxylic acid groups (broad SMARTS) is 1. The van der Waals surface area contributed by atoms with E-state index in [4.69, 9.17) is 21.2 Å². The number of carbonyl (C=O) groups excluding carboxylic acids is 2. The van der Waals surface area contributed by atoms with E-state index in [1.807, 2.05) is 6.92 Å². The van der Waals surface area contributed by atoms with Crippen LogP contribution in [0.2, 0.25) is 5.02 Å². The fraction of sp³-hybridized carbons (Fsp3) is 0.267. The number of nitrogens with zero attached hydrogens (tertiary/aromatic N) is 2. The molecule has 3 amide bonds. The van der Waals surface area contributed by atoms with Gasteiger partial charge in [0.05, 0.1) is 31.2 Å². The van der Waals surface area contributed by atoms with Crippen molar-refractivity contribution < 1.29 is 33.5 Å². The molecule has 0 saturated carbocycles. The molecule has 0 radical (unpaired) electrons. The van der Waals surface area contributed by atoms with Crippen molar-refractivity contribution in [2.75, 3.05) is 20.2 Å². The number of aromatic carboxylic acids is 1. The average molecular weight is 597 g/mol. The molecule has 12 heteroatoms. The number of hydrogen-bond donors (Lipinski definition) is 3. The summed E-state index contributed by atoms with van der Waals surface area (Å²) in [7, 11) is 1.52. The summed E-state index contributed by atoms with van der Waals surface area (Å²) in [6.07, 6.45) is 0.704. The summed E-state index contributed by atoms with van der Waals surface area (Å²) < 4.78 is 18.7. The van der Waals surface area contributed by atoms with E-state index in [2.05, 4.69) is 15.8 Å². The Balaban J connectivity index is 1.60. The minimum absolute atomic E-state index is 0.120. The number of urea groups is 1. The average Bonchev–Trinajstić information content (AvgIpc) is 3.14. The summed E-state index contributed by atoms with van der Waals surface area (Å²) in [4.78, 5) is 45.1. The third-order valence-electron chi connectivity index (χ3n) is 6.77. The first-order valence-corrected chi connectivity index (χ1v) is 13.6. The highest BCUT2D eigenvalue weighted by atomic mass is 35.5. The minimum Gasteiger partial charge on any atom is -0.496 e. The Morgan fingerprint density at radius 2 is 1.88 bits per heavy atom. The van der Waals surface area contributed by atoms with E-state index in [1.54, 1.807) is 30.3 Å². The van der Waals surface area contributed by atoms with E-state index >= 15 is 0 Å². The predicted molar refractivity (Wildman–Crippen MR) is 154 cm³/mol. The van der Waals surface area contributed by atoms with Crippen molar-refractivity contribution in [3.63, 3.8) is 0 Å². The zero-order chi connectivity index (χ0) is 30.2. The van der Waals surface area contributed by atoms with Gasteiger partial charge in [-0.25, -0.2) is 14.0 Å². The molecule has 1 aliphatic rings. The van der Waals surface area contributed by atoms with Gasteiger partial charge < -0.3 is 25.3 Å². The number of hydrogen-bond acceptors (Lipinski definition) is 6. The first-order chi connectivity index (χ1) is 20.2. The van der Waals surface area contributed by atoms with Gasteiger partial charge in [0.2, 0.25) is 5.91 Å². The molecule has 3 aromatic carbocycles. The highest BCUT2D eigenvalue weighted by molar-refractivity contribution is 6.30. The molecule has 1 unspecified atom stereocenters. The number of rotatable bonds is 9. The number of oxime groups is 1. The lowest BCUT2D eigenvalue weighted by molar-refractivity contribution is -0.131. The van der Waals surface area contributed by atoms with Crippen LogP contribution in [0, 0.1) is 11.7 Å². The lowest BCUT2D eigenvalue weighted by atomic mass is 9.97. The molecule has 0 spiro atoms. The van der Waals surface area contributed by atoms with Crippen LogP contribution in [-0.4, -0.2) is 53.9 Å². The molecule has 220 valence electrons. The van der Waals surface area contributed by atoms with Crippen molar-refractivity contribution in [3.8, 4) is 11.5 Å². The monoisotopic (exact) mass is 596 g/mol. The molecular formula is C30H30ClFN4O6. The standard InChI is InChI=1S/C30H30ClFN4O6/c1-3-25(18-4-6-19(7-5-18)29(38)39)34-30(40)36-17-27(35-42-24-11-9-23(32)10-12-24)33-16-21(28(36)37)14-20-15-22(31)8-13-26(20)41-2/h4-13,15,21,25H,3,14,16-17H2,1-2H3,(H,33,35)(H,34,40)(H,38,39)/t21-,25?/m1/s1. The lowest BCUT2D eigenvalue weighted by Gasteiger charge is -2.26. The Labute approximate surface area is 247 Å². The second kappa shape index (κ2) is 13.8. The smallest absolute Gasteiger partial charge is 0.335 e. The Hall–Kier alpha value is -4.64. The van der Waals surface area contributed by atoms with E-state index in [0.29, 0.717) is 28.3 Å². The zero-order valence-electron chi connectivity index (χ0n) is 23.0. The van der Waals surface area contributed by atoms with Gasteiger partial charge in [-0.15, -0.1) is 0 Å². The van der Waals surface area contributed by atoms with Crippen LogP contribution in [-0.2, 0) is 11.2 Å². The van der Waals surface area contributed by atoms with Gasteiger partial charge in [-0.2, -0.15) is 0 Å². The molecule has 0 aliphatic carbocycles. The summed E-state index contributed by atoms with van der Waals surface area (Å²) in [6.45, 7) is 1.78. The SMILES string of the molecule is CCC(NC(=O)N1C/C(=N/Oc2ccc(F)cc2)NC[C@@H](Cc2cc(Cl)ccc2OC)C1=O)c1ccc(C(=O)O)cc1. The number of benzene rings is 3. The van der Waals surface area contributed by atoms with Crippen molar-refractivity contribution in [3.05, 3.63) is 94.3 Å². The third kappa shape index (κ3) is 7.55. The van der Waals surface area contributed by atoms with Gasteiger partial charge in [-0.1, -0.05) is 35.8 Å². The summed E-state index contributed by atoms with van der Waals surface area (Å²) in [5.41, 5.74) is 1.50. The number of imide groups is 1. The topological polar surface area (TPSA) is 130 Å². The Morgan fingerprint density at radius 1 is 1.17 bits per heavy atom. The molecule has 1 fully saturated rings. The van der Waals surface area contributed by atoms with Crippen molar-refractivity contribution >= 4 is 35.3 Å². The van der Waals surface area contributed by atoms with E-state index < -0.39 is 35.7 Å². The fourth-order valence-corrected chi connectivity index (χ4v) is 4.70. The number of nitrogens with one attached hydrogen (secondary N) is 2. The molecule has 10 nitrogen and oxygen atoms in total. The van der Waals surface area contributed by atoms with E-state index in [0.717, 1.165) is 4.90 Å². The maximum atomic E-state index is 13.8. The van der Waals surface area contributed by atoms with Crippen LogP contribution in [0.25, 0.3) is 0 Å². The molecule has 1 heterocycles. The minimum atomic E-state index is -1.06. The molecule has 0 bridgehead atoms. The van der Waals surface area contributed by atoms with Gasteiger partial charge >= 0.3 is 12.0 Å². The molecular weight excluding hydrogens is 567 g/mol. The summed E-state index contributed by atoms with van der Waals surface area (Å²) >= 11 is 6.21. The number of methoxy groups -OCH3 is 1. The Morgan fingerprint density at radius 3 is 2.52 bits per heavy atom. The zero-order valence-corrected chi connectivity index (χ0v) is 23.7. The molecule has 1 saturated heterocycles. The first-order valence-electron chi connectivity index (χ1n) is 13.2. The first kappa shape index (κ1) is 30.3. The summed E-state index contributed by atoms with van der Waals surface area (Å²) in [5.74, 6) is -1.61. The van der Waals surface area contributed by atoms with Crippen molar-refractivity contribution in [1.82, 2.24) is 15.5 Å². The normalized spacial score (nSPS) is 16.8. The summed E-state index contributed by atoms with van der Waals surface area (Å²) in [5, 5.41) is 19.7. The van der Waals surface area contributed by atoms with Gasteiger partial charge in [-0.3, -0.25) is 9.69 Å². The van der Waals surface area contributed by atoms with Gasteiger partial charge in [0, 0.05) is 11.6 Å². The maximum Gasteiger partial charge on any atom is 0.335 e. The van der Waals surface area contributed by atoms with Crippen molar-refractivity contribution in [2.45, 2.75) is 25.8 Å². The summed E-state index contributed by atoms with van der Waals surface area (Å²) in [6, 6.07) is 15.4. The fourth-order valence-electron chi connectivity index (χ4n) is 4.51. The van der Waals surface area contributed by atoms with E-state index in [9.17, 15) is 23.9 Å². The molecule has 2 atom stereocenters. The third-order valence-corrected chi connectivity index (χ3v) is 7.01. The number of amides is 3. The molecule has 1 aliphatic heterocycles. The van der Waals surface area contributed by atoms with Crippen LogP contribution >= 0.6 is 11.6 Å². The van der Waals surface area contributed by atoms with Gasteiger partial charge in [0.1, 0.15) is 11.6 Å². The van der Waals surface area contributed by atoms with E-state index in [-0.39, 0.29) is 36.7 Å². The molecule has 3 aromatic rings. The van der Waals surface area contributed by atoms with Crippen LogP contribution in [0.3, 0.4) is 0 Å². The Bertz CT molecular complexity index is 1470. The number of halogens is 2. The Kier molecular flexibility index (Phi) is 9.98. The predicted octanol–water partition coefficient (Wildman–Crippen LogP) is 5.03.